The van der Waals surface area contributed by atoms with Gasteiger partial charge in [0.2, 0.25) is 0 Å². The smallest absolute Gasteiger partial charge is 0.0108 e. The Balaban J connectivity index is 1.54. The summed E-state index contributed by atoms with van der Waals surface area (Å²) in [7, 11) is 0. The van der Waals surface area contributed by atoms with Crippen molar-refractivity contribution in [2.24, 2.45) is 11.8 Å². The first kappa shape index (κ1) is 12.9. The number of nitrogens with one attached hydrogen (secondary N) is 1. The van der Waals surface area contributed by atoms with E-state index in [-0.39, 0.29) is 0 Å². The molecule has 1 N–H and O–H groups in total. The summed E-state index contributed by atoms with van der Waals surface area (Å²) in [4.78, 5) is 5.48. The second kappa shape index (κ2) is 5.48. The minimum Gasteiger partial charge on any atom is -0.316 e. The molecule has 0 aromatic carbocycles. The van der Waals surface area contributed by atoms with Crippen LogP contribution < -0.4 is 5.32 Å². The first-order chi connectivity index (χ1) is 8.74. The summed E-state index contributed by atoms with van der Waals surface area (Å²) in [6.07, 6.45) is 4.22. The summed E-state index contributed by atoms with van der Waals surface area (Å²) in [5, 5.41) is 3.55. The predicted octanol–water partition coefficient (Wildman–Crippen LogP) is 1.40. The summed E-state index contributed by atoms with van der Waals surface area (Å²) in [6.45, 7) is 12.6. The van der Waals surface area contributed by atoms with Crippen LogP contribution in [0.25, 0.3) is 0 Å². The van der Waals surface area contributed by atoms with Crippen LogP contribution in [-0.4, -0.2) is 61.2 Å². The van der Waals surface area contributed by atoms with Crippen LogP contribution in [0.4, 0.5) is 0 Å². The molecule has 0 spiro atoms. The molecule has 0 aliphatic carbocycles. The molecule has 3 heterocycles. The predicted molar refractivity (Wildman–Crippen MR) is 75.8 cm³/mol. The van der Waals surface area contributed by atoms with Gasteiger partial charge in [0, 0.05) is 25.2 Å². The van der Waals surface area contributed by atoms with Crippen LogP contribution in [0.5, 0.6) is 0 Å². The Labute approximate surface area is 112 Å². The van der Waals surface area contributed by atoms with Crippen LogP contribution in [0.1, 0.15) is 33.1 Å². The molecule has 3 aliphatic heterocycles. The molecule has 0 saturated carbocycles. The van der Waals surface area contributed by atoms with Crippen molar-refractivity contribution in [1.29, 1.82) is 0 Å². The fourth-order valence-electron chi connectivity index (χ4n) is 4.17. The first-order valence-electron chi connectivity index (χ1n) is 7.93. The fourth-order valence-corrected chi connectivity index (χ4v) is 4.17. The molecule has 3 heteroatoms. The molecule has 3 rings (SSSR count). The molecule has 18 heavy (non-hydrogen) atoms. The number of likely N-dealkylation sites (tertiary alicyclic amines) is 2. The maximum absolute atomic E-state index is 3.55. The van der Waals surface area contributed by atoms with Gasteiger partial charge in [-0.25, -0.2) is 0 Å². The second-order valence-corrected chi connectivity index (χ2v) is 6.85. The van der Waals surface area contributed by atoms with E-state index < -0.39 is 0 Å². The lowest BCUT2D eigenvalue weighted by Crippen LogP contribution is -2.37. The van der Waals surface area contributed by atoms with E-state index in [0.29, 0.717) is 0 Å². The zero-order valence-electron chi connectivity index (χ0n) is 12.1. The van der Waals surface area contributed by atoms with Crippen LogP contribution in [0.15, 0.2) is 0 Å². The van der Waals surface area contributed by atoms with Gasteiger partial charge in [-0.15, -0.1) is 0 Å². The second-order valence-electron chi connectivity index (χ2n) is 6.85. The SMILES string of the molecule is CC(C)N1CCCC(N2CC3CNCC3C2)CC1. The van der Waals surface area contributed by atoms with E-state index in [1.54, 1.807) is 0 Å². The maximum atomic E-state index is 3.55. The lowest BCUT2D eigenvalue weighted by atomic mass is 10.0. The van der Waals surface area contributed by atoms with Gasteiger partial charge in [-0.05, 0) is 71.1 Å². The molecule has 3 atom stereocenters. The molecule has 0 aromatic heterocycles. The Morgan fingerprint density at radius 3 is 2.39 bits per heavy atom. The zero-order chi connectivity index (χ0) is 12.5. The van der Waals surface area contributed by atoms with E-state index in [9.17, 15) is 0 Å². The summed E-state index contributed by atoms with van der Waals surface area (Å²) >= 11 is 0. The maximum Gasteiger partial charge on any atom is 0.0108 e. The Bertz CT molecular complexity index is 267. The molecule has 0 radical (unpaired) electrons. The standard InChI is InChI=1S/C15H29N3/c1-12(2)17-6-3-4-15(5-7-17)18-10-13-8-16-9-14(13)11-18/h12-16H,3-11H2,1-2H3. The average Bonchev–Trinajstić information content (AvgIpc) is 2.82. The molecule has 0 bridgehead atoms. The minimum atomic E-state index is 0.728. The Kier molecular flexibility index (Phi) is 3.92. The van der Waals surface area contributed by atoms with E-state index in [4.69, 9.17) is 0 Å². The van der Waals surface area contributed by atoms with Gasteiger partial charge in [0.1, 0.15) is 0 Å². The topological polar surface area (TPSA) is 18.5 Å². The van der Waals surface area contributed by atoms with Gasteiger partial charge >= 0.3 is 0 Å². The number of hydrogen-bond acceptors (Lipinski definition) is 3. The molecule has 104 valence electrons. The Morgan fingerprint density at radius 2 is 1.72 bits per heavy atom. The van der Waals surface area contributed by atoms with Crippen LogP contribution in [0.2, 0.25) is 0 Å². The highest BCUT2D eigenvalue weighted by atomic mass is 15.2. The van der Waals surface area contributed by atoms with E-state index in [0.717, 1.165) is 23.9 Å². The van der Waals surface area contributed by atoms with Crippen molar-refractivity contribution in [3.8, 4) is 0 Å². The molecular formula is C15H29N3. The number of fused-ring (bicyclic) bond motifs is 1. The van der Waals surface area contributed by atoms with Crippen LogP contribution in [0, 0.1) is 11.8 Å². The third kappa shape index (κ3) is 2.59. The van der Waals surface area contributed by atoms with E-state index >= 15 is 0 Å². The molecule has 3 aliphatic rings. The molecule has 0 aromatic rings. The van der Waals surface area contributed by atoms with E-state index in [2.05, 4.69) is 29.0 Å². The van der Waals surface area contributed by atoms with Crippen molar-refractivity contribution in [3.05, 3.63) is 0 Å². The van der Waals surface area contributed by atoms with Crippen molar-refractivity contribution < 1.29 is 0 Å². The van der Waals surface area contributed by atoms with Crippen LogP contribution in [-0.2, 0) is 0 Å². The van der Waals surface area contributed by atoms with Gasteiger partial charge in [-0.2, -0.15) is 0 Å². The molecule has 3 saturated heterocycles. The van der Waals surface area contributed by atoms with E-state index in [1.807, 2.05) is 0 Å². The normalized spacial score (nSPS) is 39.2. The Hall–Kier alpha value is -0.120. The van der Waals surface area contributed by atoms with E-state index in [1.165, 1.54) is 58.5 Å². The summed E-state index contributed by atoms with van der Waals surface area (Å²) in [5.74, 6) is 1.91. The largest absolute Gasteiger partial charge is 0.316 e. The van der Waals surface area contributed by atoms with Gasteiger partial charge in [-0.3, -0.25) is 4.90 Å². The van der Waals surface area contributed by atoms with Crippen molar-refractivity contribution in [2.75, 3.05) is 39.3 Å². The van der Waals surface area contributed by atoms with Crippen molar-refractivity contribution >= 4 is 0 Å². The summed E-state index contributed by atoms with van der Waals surface area (Å²) in [6, 6.07) is 1.60. The average molecular weight is 251 g/mol. The molecule has 0 amide bonds. The zero-order valence-corrected chi connectivity index (χ0v) is 12.1. The highest BCUT2D eigenvalue weighted by molar-refractivity contribution is 4.94. The monoisotopic (exact) mass is 251 g/mol. The van der Waals surface area contributed by atoms with Crippen molar-refractivity contribution in [3.63, 3.8) is 0 Å². The highest BCUT2D eigenvalue weighted by Gasteiger charge is 2.38. The van der Waals surface area contributed by atoms with Crippen LogP contribution >= 0.6 is 0 Å². The van der Waals surface area contributed by atoms with Gasteiger partial charge in [0.05, 0.1) is 0 Å². The lowest BCUT2D eigenvalue weighted by Gasteiger charge is -2.28. The van der Waals surface area contributed by atoms with Gasteiger partial charge in [0.25, 0.3) is 0 Å². The number of hydrogen-bond donors (Lipinski definition) is 1. The molecule has 3 fully saturated rings. The summed E-state index contributed by atoms with van der Waals surface area (Å²) < 4.78 is 0. The van der Waals surface area contributed by atoms with Gasteiger partial charge < -0.3 is 10.2 Å². The molecular weight excluding hydrogens is 222 g/mol. The number of nitrogens with zero attached hydrogens (tertiary/aromatic N) is 2. The lowest BCUT2D eigenvalue weighted by molar-refractivity contribution is 0.192. The molecule has 3 nitrogen and oxygen atoms in total. The molecule has 3 unspecified atom stereocenters. The Morgan fingerprint density at radius 1 is 1.00 bits per heavy atom. The van der Waals surface area contributed by atoms with Gasteiger partial charge in [-0.1, -0.05) is 0 Å². The summed E-state index contributed by atoms with van der Waals surface area (Å²) in [5.41, 5.74) is 0. The third-order valence-corrected chi connectivity index (χ3v) is 5.40. The highest BCUT2D eigenvalue weighted by Crippen LogP contribution is 2.30. The number of rotatable bonds is 2. The van der Waals surface area contributed by atoms with Crippen molar-refractivity contribution in [2.45, 2.75) is 45.2 Å². The first-order valence-corrected chi connectivity index (χ1v) is 7.93. The quantitative estimate of drug-likeness (QED) is 0.800. The van der Waals surface area contributed by atoms with Gasteiger partial charge in [0.15, 0.2) is 0 Å². The third-order valence-electron chi connectivity index (χ3n) is 5.40. The fraction of sp³-hybridized carbons (Fsp3) is 1.00. The van der Waals surface area contributed by atoms with Crippen LogP contribution in [0.3, 0.4) is 0 Å². The minimum absolute atomic E-state index is 0.728. The van der Waals surface area contributed by atoms with Crippen molar-refractivity contribution in [1.82, 2.24) is 15.1 Å².